The van der Waals surface area contributed by atoms with E-state index < -0.39 is 0 Å². The molecule has 1 heterocycles. The van der Waals surface area contributed by atoms with Crippen molar-refractivity contribution in [1.82, 2.24) is 9.88 Å². The number of pyridine rings is 1. The van der Waals surface area contributed by atoms with Crippen molar-refractivity contribution in [3.63, 3.8) is 0 Å². The van der Waals surface area contributed by atoms with Crippen LogP contribution in [-0.2, 0) is 0 Å². The van der Waals surface area contributed by atoms with Crippen LogP contribution in [-0.4, -0.2) is 29.0 Å². The average Bonchev–Trinajstić information content (AvgIpc) is 2.34. The van der Waals surface area contributed by atoms with Gasteiger partial charge in [-0.05, 0) is 37.5 Å². The summed E-state index contributed by atoms with van der Waals surface area (Å²) in [6, 6.07) is 3.74. The highest BCUT2D eigenvalue weighted by Crippen LogP contribution is 2.07. The number of hydrogen-bond donors (Lipinski definition) is 1. The van der Waals surface area contributed by atoms with Crippen LogP contribution in [0.3, 0.4) is 0 Å². The first kappa shape index (κ1) is 14.5. The zero-order chi connectivity index (χ0) is 13.4. The molecule has 0 bridgehead atoms. The number of aryl methyl sites for hydroxylation is 1. The Kier molecular flexibility index (Phi) is 6.19. The molecule has 0 atom stereocenters. The molecule has 1 N–H and O–H groups in total. The summed E-state index contributed by atoms with van der Waals surface area (Å²) in [4.78, 5) is 18.1. The molecule has 0 saturated carbocycles. The highest BCUT2D eigenvalue weighted by Gasteiger charge is 2.12. The number of nitrogens with one attached hydrogen (secondary N) is 1. The SMILES string of the molecule is CCCCN(CCC)C(=O)Nc1cc(C)ccn1. The lowest BCUT2D eigenvalue weighted by molar-refractivity contribution is 0.210. The number of nitrogens with zero attached hydrogens (tertiary/aromatic N) is 2. The molecule has 0 radical (unpaired) electrons. The van der Waals surface area contributed by atoms with Gasteiger partial charge in [-0.15, -0.1) is 0 Å². The van der Waals surface area contributed by atoms with E-state index in [2.05, 4.69) is 24.1 Å². The minimum Gasteiger partial charge on any atom is -0.325 e. The van der Waals surface area contributed by atoms with E-state index in [1.165, 1.54) is 0 Å². The Morgan fingerprint density at radius 3 is 2.72 bits per heavy atom. The second-order valence-corrected chi connectivity index (χ2v) is 4.49. The van der Waals surface area contributed by atoms with Crippen LogP contribution in [0.1, 0.15) is 38.7 Å². The highest BCUT2D eigenvalue weighted by molar-refractivity contribution is 5.88. The van der Waals surface area contributed by atoms with Crippen molar-refractivity contribution < 1.29 is 4.79 Å². The van der Waals surface area contributed by atoms with Crippen LogP contribution < -0.4 is 5.32 Å². The van der Waals surface area contributed by atoms with Crippen molar-refractivity contribution in [2.45, 2.75) is 40.0 Å². The number of amides is 2. The Morgan fingerprint density at radius 1 is 1.33 bits per heavy atom. The van der Waals surface area contributed by atoms with Gasteiger partial charge < -0.3 is 4.90 Å². The summed E-state index contributed by atoms with van der Waals surface area (Å²) in [5, 5.41) is 2.85. The molecule has 100 valence electrons. The molecule has 0 unspecified atom stereocenters. The van der Waals surface area contributed by atoms with Gasteiger partial charge in [0, 0.05) is 19.3 Å². The summed E-state index contributed by atoms with van der Waals surface area (Å²) >= 11 is 0. The third kappa shape index (κ3) is 4.73. The van der Waals surface area contributed by atoms with E-state index >= 15 is 0 Å². The van der Waals surface area contributed by atoms with Crippen LogP contribution in [0.4, 0.5) is 10.6 Å². The van der Waals surface area contributed by atoms with Crippen molar-refractivity contribution >= 4 is 11.8 Å². The first-order valence-corrected chi connectivity index (χ1v) is 6.66. The molecule has 0 aliphatic carbocycles. The fourth-order valence-electron chi connectivity index (χ4n) is 1.73. The maximum atomic E-state index is 12.1. The first-order chi connectivity index (χ1) is 8.67. The van der Waals surface area contributed by atoms with Gasteiger partial charge >= 0.3 is 6.03 Å². The number of aromatic nitrogens is 1. The van der Waals surface area contributed by atoms with Gasteiger partial charge in [0.05, 0.1) is 0 Å². The molecule has 0 saturated heterocycles. The second kappa shape index (κ2) is 7.69. The molecule has 1 aromatic rings. The summed E-state index contributed by atoms with van der Waals surface area (Å²) in [5.41, 5.74) is 1.09. The monoisotopic (exact) mass is 249 g/mol. The number of anilines is 1. The van der Waals surface area contributed by atoms with Crippen LogP contribution in [0.15, 0.2) is 18.3 Å². The fourth-order valence-corrected chi connectivity index (χ4v) is 1.73. The molecule has 1 aromatic heterocycles. The number of unbranched alkanes of at least 4 members (excludes halogenated alkanes) is 1. The van der Waals surface area contributed by atoms with Gasteiger partial charge in [0.1, 0.15) is 5.82 Å². The number of hydrogen-bond acceptors (Lipinski definition) is 2. The number of rotatable bonds is 6. The fraction of sp³-hybridized carbons (Fsp3) is 0.571. The predicted octanol–water partition coefficient (Wildman–Crippen LogP) is 3.43. The number of carbonyl (C=O) groups excluding carboxylic acids is 1. The Labute approximate surface area is 109 Å². The van der Waals surface area contributed by atoms with Crippen molar-refractivity contribution in [2.24, 2.45) is 0 Å². The summed E-state index contributed by atoms with van der Waals surface area (Å²) < 4.78 is 0. The van der Waals surface area contributed by atoms with E-state index in [9.17, 15) is 4.79 Å². The van der Waals surface area contributed by atoms with E-state index in [-0.39, 0.29) is 6.03 Å². The van der Waals surface area contributed by atoms with E-state index in [1.807, 2.05) is 24.0 Å². The molecule has 18 heavy (non-hydrogen) atoms. The molecular weight excluding hydrogens is 226 g/mol. The van der Waals surface area contributed by atoms with E-state index in [0.29, 0.717) is 5.82 Å². The van der Waals surface area contributed by atoms with Crippen LogP contribution in [0, 0.1) is 6.92 Å². The Hall–Kier alpha value is -1.58. The van der Waals surface area contributed by atoms with Crippen molar-refractivity contribution in [2.75, 3.05) is 18.4 Å². The van der Waals surface area contributed by atoms with Gasteiger partial charge in [-0.3, -0.25) is 5.32 Å². The lowest BCUT2D eigenvalue weighted by atomic mass is 10.3. The van der Waals surface area contributed by atoms with Crippen LogP contribution >= 0.6 is 0 Å². The molecule has 0 aromatic carbocycles. The Morgan fingerprint density at radius 2 is 2.11 bits per heavy atom. The second-order valence-electron chi connectivity index (χ2n) is 4.49. The highest BCUT2D eigenvalue weighted by atomic mass is 16.2. The smallest absolute Gasteiger partial charge is 0.323 e. The molecule has 0 aliphatic rings. The maximum absolute atomic E-state index is 12.1. The third-order valence-electron chi connectivity index (χ3n) is 2.71. The summed E-state index contributed by atoms with van der Waals surface area (Å²) in [5.74, 6) is 0.623. The minimum absolute atomic E-state index is 0.0524. The van der Waals surface area contributed by atoms with Gasteiger partial charge in [0.2, 0.25) is 0 Å². The Balaban J connectivity index is 2.60. The van der Waals surface area contributed by atoms with Gasteiger partial charge in [-0.2, -0.15) is 0 Å². The van der Waals surface area contributed by atoms with Gasteiger partial charge in [-0.25, -0.2) is 9.78 Å². The lowest BCUT2D eigenvalue weighted by Crippen LogP contribution is -2.36. The van der Waals surface area contributed by atoms with Crippen LogP contribution in [0.5, 0.6) is 0 Å². The summed E-state index contributed by atoms with van der Waals surface area (Å²) in [7, 11) is 0. The van der Waals surface area contributed by atoms with E-state index in [0.717, 1.165) is 37.9 Å². The zero-order valence-corrected chi connectivity index (χ0v) is 11.6. The maximum Gasteiger partial charge on any atom is 0.323 e. The van der Waals surface area contributed by atoms with Crippen molar-refractivity contribution in [3.8, 4) is 0 Å². The number of urea groups is 1. The van der Waals surface area contributed by atoms with Gasteiger partial charge in [-0.1, -0.05) is 20.3 Å². The topological polar surface area (TPSA) is 45.2 Å². The van der Waals surface area contributed by atoms with Gasteiger partial charge in [0.25, 0.3) is 0 Å². The molecule has 4 nitrogen and oxygen atoms in total. The average molecular weight is 249 g/mol. The predicted molar refractivity (Wildman–Crippen MR) is 74.8 cm³/mol. The lowest BCUT2D eigenvalue weighted by Gasteiger charge is -2.22. The standard InChI is InChI=1S/C14H23N3O/c1-4-6-10-17(9-5-2)14(18)16-13-11-12(3)7-8-15-13/h7-8,11H,4-6,9-10H2,1-3H3,(H,15,16,18). The zero-order valence-electron chi connectivity index (χ0n) is 11.6. The van der Waals surface area contributed by atoms with Gasteiger partial charge in [0.15, 0.2) is 0 Å². The molecule has 0 aliphatic heterocycles. The molecule has 4 heteroatoms. The largest absolute Gasteiger partial charge is 0.325 e. The molecule has 1 rings (SSSR count). The minimum atomic E-state index is -0.0524. The molecule has 0 spiro atoms. The van der Waals surface area contributed by atoms with Crippen LogP contribution in [0.2, 0.25) is 0 Å². The summed E-state index contributed by atoms with van der Waals surface area (Å²) in [6.45, 7) is 7.79. The first-order valence-electron chi connectivity index (χ1n) is 6.66. The quantitative estimate of drug-likeness (QED) is 0.839. The number of carbonyl (C=O) groups is 1. The molecule has 0 fully saturated rings. The Bertz CT molecular complexity index is 379. The van der Waals surface area contributed by atoms with Crippen LogP contribution in [0.25, 0.3) is 0 Å². The van der Waals surface area contributed by atoms with E-state index in [4.69, 9.17) is 0 Å². The van der Waals surface area contributed by atoms with Crippen molar-refractivity contribution in [3.05, 3.63) is 23.9 Å². The van der Waals surface area contributed by atoms with E-state index in [1.54, 1.807) is 6.20 Å². The normalized spacial score (nSPS) is 10.2. The van der Waals surface area contributed by atoms with Crippen molar-refractivity contribution in [1.29, 1.82) is 0 Å². The molecular formula is C14H23N3O. The molecule has 2 amide bonds. The third-order valence-corrected chi connectivity index (χ3v) is 2.71. The summed E-state index contributed by atoms with van der Waals surface area (Å²) in [6.07, 6.45) is 4.81.